The summed E-state index contributed by atoms with van der Waals surface area (Å²) < 4.78 is 18.9. The Balaban J connectivity index is 2.28. The summed E-state index contributed by atoms with van der Waals surface area (Å²) >= 11 is 9.04. The third kappa shape index (κ3) is 3.24. The molecular weight excluding hydrogens is 337 g/mol. The van der Waals surface area contributed by atoms with Crippen molar-refractivity contribution in [3.8, 4) is 11.5 Å². The number of halogens is 3. The third-order valence-corrected chi connectivity index (χ3v) is 3.24. The topological polar surface area (TPSA) is 52.3 Å². The molecule has 0 saturated carbocycles. The quantitative estimate of drug-likeness (QED) is 0.910. The molecule has 3 nitrogen and oxygen atoms in total. The lowest BCUT2D eigenvalue weighted by Gasteiger charge is -2.09. The Hall–Kier alpha value is -1.59. The van der Waals surface area contributed by atoms with Crippen molar-refractivity contribution in [2.45, 2.75) is 0 Å². The maximum atomic E-state index is 13.1. The monoisotopic (exact) mass is 343 g/mol. The van der Waals surface area contributed by atoms with Gasteiger partial charge in [-0.3, -0.25) is 4.79 Å². The van der Waals surface area contributed by atoms with Crippen LogP contribution in [0.25, 0.3) is 0 Å². The summed E-state index contributed by atoms with van der Waals surface area (Å²) in [5, 5.41) is 0.247. The molecule has 19 heavy (non-hydrogen) atoms. The van der Waals surface area contributed by atoms with Crippen molar-refractivity contribution >= 4 is 33.4 Å². The minimum Gasteiger partial charge on any atom is -0.456 e. The molecule has 2 aromatic rings. The molecule has 1 amide bonds. The first kappa shape index (κ1) is 13.8. The van der Waals surface area contributed by atoms with Gasteiger partial charge in [0.25, 0.3) is 0 Å². The largest absolute Gasteiger partial charge is 0.456 e. The first-order chi connectivity index (χ1) is 8.97. The van der Waals surface area contributed by atoms with E-state index in [1.54, 1.807) is 0 Å². The van der Waals surface area contributed by atoms with Gasteiger partial charge in [0, 0.05) is 5.56 Å². The molecule has 0 atom stereocenters. The van der Waals surface area contributed by atoms with Gasteiger partial charge in [-0.05, 0) is 52.3 Å². The Morgan fingerprint density at radius 3 is 2.58 bits per heavy atom. The minimum absolute atomic E-state index is 0.247. The summed E-state index contributed by atoms with van der Waals surface area (Å²) in [6.07, 6.45) is 0. The van der Waals surface area contributed by atoms with Crippen LogP contribution in [0.3, 0.4) is 0 Å². The average molecular weight is 345 g/mol. The van der Waals surface area contributed by atoms with E-state index in [1.807, 2.05) is 0 Å². The first-order valence-electron chi connectivity index (χ1n) is 5.19. The number of hydrogen-bond donors (Lipinski definition) is 1. The number of ether oxygens (including phenoxy) is 1. The van der Waals surface area contributed by atoms with Gasteiger partial charge in [0.1, 0.15) is 17.3 Å². The number of amides is 1. The van der Waals surface area contributed by atoms with E-state index < -0.39 is 5.91 Å². The molecule has 0 spiro atoms. The molecule has 0 heterocycles. The van der Waals surface area contributed by atoms with Gasteiger partial charge in [-0.15, -0.1) is 0 Å². The molecule has 2 N–H and O–H groups in total. The SMILES string of the molecule is NC(=O)c1ccc(Oc2ccc(F)c(Br)c2)c(Cl)c1. The van der Waals surface area contributed by atoms with Crippen LogP contribution in [0.15, 0.2) is 40.9 Å². The lowest BCUT2D eigenvalue weighted by Crippen LogP contribution is -2.10. The fourth-order valence-electron chi connectivity index (χ4n) is 1.40. The molecular formula is C13H8BrClFNO2. The van der Waals surface area contributed by atoms with Crippen molar-refractivity contribution in [3.05, 3.63) is 57.3 Å². The van der Waals surface area contributed by atoms with Gasteiger partial charge in [0.2, 0.25) is 5.91 Å². The maximum absolute atomic E-state index is 13.1. The number of hydrogen-bond acceptors (Lipinski definition) is 2. The fraction of sp³-hybridized carbons (Fsp3) is 0. The zero-order valence-corrected chi connectivity index (χ0v) is 11.8. The molecule has 2 aromatic carbocycles. The summed E-state index contributed by atoms with van der Waals surface area (Å²) in [6, 6.07) is 8.66. The highest BCUT2D eigenvalue weighted by atomic mass is 79.9. The summed E-state index contributed by atoms with van der Waals surface area (Å²) in [7, 11) is 0. The number of carbonyl (C=O) groups excluding carboxylic acids is 1. The summed E-state index contributed by atoms with van der Waals surface area (Å²) in [5.41, 5.74) is 5.43. The highest BCUT2D eigenvalue weighted by molar-refractivity contribution is 9.10. The zero-order valence-electron chi connectivity index (χ0n) is 9.49. The molecule has 0 unspecified atom stereocenters. The lowest BCUT2D eigenvalue weighted by molar-refractivity contribution is 0.100. The lowest BCUT2D eigenvalue weighted by atomic mass is 10.2. The van der Waals surface area contributed by atoms with E-state index in [9.17, 15) is 9.18 Å². The van der Waals surface area contributed by atoms with Crippen LogP contribution in [0, 0.1) is 5.82 Å². The minimum atomic E-state index is -0.571. The Kier molecular flexibility index (Phi) is 4.07. The van der Waals surface area contributed by atoms with Crippen molar-refractivity contribution in [1.29, 1.82) is 0 Å². The number of benzene rings is 2. The number of nitrogens with two attached hydrogens (primary N) is 1. The van der Waals surface area contributed by atoms with Gasteiger partial charge in [-0.2, -0.15) is 0 Å². The Bertz CT molecular complexity index is 649. The summed E-state index contributed by atoms with van der Waals surface area (Å²) in [5.74, 6) is -0.187. The van der Waals surface area contributed by atoms with Gasteiger partial charge < -0.3 is 10.5 Å². The smallest absolute Gasteiger partial charge is 0.248 e. The van der Waals surface area contributed by atoms with Gasteiger partial charge in [0.05, 0.1) is 9.50 Å². The average Bonchev–Trinajstić information content (AvgIpc) is 2.36. The predicted octanol–water partition coefficient (Wildman–Crippen LogP) is 4.13. The second-order valence-electron chi connectivity index (χ2n) is 3.69. The van der Waals surface area contributed by atoms with Crippen LogP contribution < -0.4 is 10.5 Å². The first-order valence-corrected chi connectivity index (χ1v) is 6.37. The molecule has 0 radical (unpaired) electrons. The molecule has 0 fully saturated rings. The van der Waals surface area contributed by atoms with E-state index in [-0.39, 0.29) is 20.9 Å². The number of primary amides is 1. The van der Waals surface area contributed by atoms with Gasteiger partial charge in [0.15, 0.2) is 0 Å². The van der Waals surface area contributed by atoms with Crippen LogP contribution in [0.5, 0.6) is 11.5 Å². The zero-order chi connectivity index (χ0) is 14.0. The van der Waals surface area contributed by atoms with Crippen molar-refractivity contribution in [2.24, 2.45) is 5.73 Å². The van der Waals surface area contributed by atoms with Gasteiger partial charge in [-0.25, -0.2) is 4.39 Å². The van der Waals surface area contributed by atoms with Crippen LogP contribution in [0.1, 0.15) is 10.4 Å². The third-order valence-electron chi connectivity index (χ3n) is 2.34. The van der Waals surface area contributed by atoms with Crippen LogP contribution in [-0.2, 0) is 0 Å². The molecule has 0 aromatic heterocycles. The number of rotatable bonds is 3. The van der Waals surface area contributed by atoms with E-state index in [1.165, 1.54) is 36.4 Å². The fourth-order valence-corrected chi connectivity index (χ4v) is 1.98. The second-order valence-corrected chi connectivity index (χ2v) is 4.95. The van der Waals surface area contributed by atoms with Crippen molar-refractivity contribution in [3.63, 3.8) is 0 Å². The summed E-state index contributed by atoms with van der Waals surface area (Å²) in [4.78, 5) is 11.0. The molecule has 0 saturated heterocycles. The standard InChI is InChI=1S/C13H8BrClFNO2/c14-9-6-8(2-3-11(9)16)19-12-4-1-7(13(17)18)5-10(12)15/h1-6H,(H2,17,18). The van der Waals surface area contributed by atoms with Gasteiger partial charge >= 0.3 is 0 Å². The van der Waals surface area contributed by atoms with E-state index in [4.69, 9.17) is 22.1 Å². The van der Waals surface area contributed by atoms with E-state index in [0.717, 1.165) is 0 Å². The highest BCUT2D eigenvalue weighted by Crippen LogP contribution is 2.31. The number of carbonyl (C=O) groups is 1. The second kappa shape index (κ2) is 5.59. The van der Waals surface area contributed by atoms with Crippen LogP contribution in [0.2, 0.25) is 5.02 Å². The predicted molar refractivity (Wildman–Crippen MR) is 74.1 cm³/mol. The van der Waals surface area contributed by atoms with Gasteiger partial charge in [-0.1, -0.05) is 11.6 Å². The molecule has 6 heteroatoms. The van der Waals surface area contributed by atoms with Crippen LogP contribution >= 0.6 is 27.5 Å². The summed E-state index contributed by atoms with van der Waals surface area (Å²) in [6.45, 7) is 0. The van der Waals surface area contributed by atoms with Crippen molar-refractivity contribution in [1.82, 2.24) is 0 Å². The van der Waals surface area contributed by atoms with E-state index >= 15 is 0 Å². The highest BCUT2D eigenvalue weighted by Gasteiger charge is 2.08. The van der Waals surface area contributed by atoms with E-state index in [0.29, 0.717) is 11.5 Å². The Morgan fingerprint density at radius 1 is 1.26 bits per heavy atom. The Morgan fingerprint density at radius 2 is 2.00 bits per heavy atom. The van der Waals surface area contributed by atoms with Crippen molar-refractivity contribution < 1.29 is 13.9 Å². The molecule has 0 bridgehead atoms. The molecule has 0 aliphatic heterocycles. The van der Waals surface area contributed by atoms with Crippen LogP contribution in [-0.4, -0.2) is 5.91 Å². The van der Waals surface area contributed by atoms with Crippen LogP contribution in [0.4, 0.5) is 4.39 Å². The molecule has 0 aliphatic carbocycles. The molecule has 2 rings (SSSR count). The molecule has 98 valence electrons. The molecule has 0 aliphatic rings. The maximum Gasteiger partial charge on any atom is 0.248 e. The van der Waals surface area contributed by atoms with Crippen molar-refractivity contribution in [2.75, 3.05) is 0 Å². The normalized spacial score (nSPS) is 10.3. The Labute approximate surface area is 122 Å². The van der Waals surface area contributed by atoms with E-state index in [2.05, 4.69) is 15.9 Å².